The highest BCUT2D eigenvalue weighted by atomic mass is 16.5. The van der Waals surface area contributed by atoms with Gasteiger partial charge >= 0.3 is 5.97 Å². The Morgan fingerprint density at radius 3 is 2.47 bits per heavy atom. The summed E-state index contributed by atoms with van der Waals surface area (Å²) in [5.74, 6) is 0.753. The summed E-state index contributed by atoms with van der Waals surface area (Å²) in [7, 11) is 3.42. The smallest absolute Gasteiger partial charge is 0.307 e. The number of rotatable bonds is 4. The van der Waals surface area contributed by atoms with E-state index < -0.39 is 0 Å². The highest BCUT2D eigenvalue weighted by Crippen LogP contribution is 2.35. The molecule has 0 aliphatic heterocycles. The number of nitrogens with one attached hydrogen (secondary N) is 1. The molecule has 0 bridgehead atoms. The van der Waals surface area contributed by atoms with Crippen LogP contribution in [0.15, 0.2) is 0 Å². The van der Waals surface area contributed by atoms with Crippen LogP contribution in [0, 0.1) is 5.92 Å². The molecular formula is C12H23NO2. The summed E-state index contributed by atoms with van der Waals surface area (Å²) < 4.78 is 4.75. The molecule has 15 heavy (non-hydrogen) atoms. The fourth-order valence-electron chi connectivity index (χ4n) is 2.50. The highest BCUT2D eigenvalue weighted by Gasteiger charge is 2.35. The number of hydrogen-bond donors (Lipinski definition) is 1. The monoisotopic (exact) mass is 213 g/mol. The van der Waals surface area contributed by atoms with Crippen molar-refractivity contribution >= 4 is 5.97 Å². The van der Waals surface area contributed by atoms with Gasteiger partial charge in [-0.3, -0.25) is 4.79 Å². The van der Waals surface area contributed by atoms with Crippen LogP contribution in [0.25, 0.3) is 0 Å². The van der Waals surface area contributed by atoms with E-state index in [0.29, 0.717) is 6.42 Å². The Hall–Kier alpha value is -0.570. The summed E-state index contributed by atoms with van der Waals surface area (Å²) in [6, 6.07) is 0. The Morgan fingerprint density at radius 1 is 1.47 bits per heavy atom. The van der Waals surface area contributed by atoms with Crippen molar-refractivity contribution in [3.63, 3.8) is 0 Å². The number of hydrogen-bond acceptors (Lipinski definition) is 3. The van der Waals surface area contributed by atoms with Crippen LogP contribution in [0.2, 0.25) is 0 Å². The molecule has 0 saturated heterocycles. The Morgan fingerprint density at radius 2 is 2.07 bits per heavy atom. The van der Waals surface area contributed by atoms with E-state index in [2.05, 4.69) is 12.2 Å². The van der Waals surface area contributed by atoms with Gasteiger partial charge in [0.2, 0.25) is 0 Å². The first-order valence-corrected chi connectivity index (χ1v) is 5.91. The number of carbonyl (C=O) groups is 1. The third-order valence-corrected chi connectivity index (χ3v) is 3.88. The van der Waals surface area contributed by atoms with E-state index in [1.54, 1.807) is 0 Å². The SMILES string of the molecule is CCC1CCC(CC(=O)OC)(NC)CC1. The first-order chi connectivity index (χ1) is 7.15. The van der Waals surface area contributed by atoms with E-state index in [1.807, 2.05) is 7.05 Å². The van der Waals surface area contributed by atoms with Gasteiger partial charge in [0.1, 0.15) is 0 Å². The molecule has 0 aromatic rings. The van der Waals surface area contributed by atoms with E-state index in [1.165, 1.54) is 26.4 Å². The van der Waals surface area contributed by atoms with Crippen molar-refractivity contribution in [3.8, 4) is 0 Å². The molecule has 0 amide bonds. The van der Waals surface area contributed by atoms with Crippen LogP contribution < -0.4 is 5.32 Å². The Bertz CT molecular complexity index is 208. The third-order valence-electron chi connectivity index (χ3n) is 3.88. The van der Waals surface area contributed by atoms with Gasteiger partial charge in [-0.15, -0.1) is 0 Å². The largest absolute Gasteiger partial charge is 0.469 e. The molecule has 1 aliphatic carbocycles. The maximum absolute atomic E-state index is 11.3. The molecule has 1 rings (SSSR count). The molecule has 88 valence electrons. The molecule has 1 saturated carbocycles. The first kappa shape index (κ1) is 12.5. The minimum atomic E-state index is -0.0979. The molecule has 0 heterocycles. The van der Waals surface area contributed by atoms with Crippen molar-refractivity contribution in [1.82, 2.24) is 5.32 Å². The van der Waals surface area contributed by atoms with Gasteiger partial charge in [0.15, 0.2) is 0 Å². The minimum Gasteiger partial charge on any atom is -0.469 e. The molecule has 3 nitrogen and oxygen atoms in total. The second-order valence-corrected chi connectivity index (χ2v) is 4.63. The summed E-state index contributed by atoms with van der Waals surface area (Å²) in [6.07, 6.45) is 6.42. The summed E-state index contributed by atoms with van der Waals surface area (Å²) in [6.45, 7) is 2.25. The summed E-state index contributed by atoms with van der Waals surface area (Å²) in [5, 5.41) is 3.33. The van der Waals surface area contributed by atoms with Gasteiger partial charge in [0.05, 0.1) is 13.5 Å². The molecule has 3 heteroatoms. The lowest BCUT2D eigenvalue weighted by molar-refractivity contribution is -0.142. The average Bonchev–Trinajstić information content (AvgIpc) is 2.30. The summed E-state index contributed by atoms with van der Waals surface area (Å²) >= 11 is 0. The molecular weight excluding hydrogens is 190 g/mol. The van der Waals surface area contributed by atoms with Crippen molar-refractivity contribution < 1.29 is 9.53 Å². The van der Waals surface area contributed by atoms with Gasteiger partial charge in [-0.2, -0.15) is 0 Å². The molecule has 1 N–H and O–H groups in total. The fraction of sp³-hybridized carbons (Fsp3) is 0.917. The number of esters is 1. The molecule has 0 atom stereocenters. The summed E-state index contributed by atoms with van der Waals surface area (Å²) in [5.41, 5.74) is -0.00123. The topological polar surface area (TPSA) is 38.3 Å². The second kappa shape index (κ2) is 5.50. The van der Waals surface area contributed by atoms with Crippen molar-refractivity contribution in [3.05, 3.63) is 0 Å². The number of ether oxygens (including phenoxy) is 1. The fourth-order valence-corrected chi connectivity index (χ4v) is 2.50. The third kappa shape index (κ3) is 3.20. The van der Waals surface area contributed by atoms with E-state index in [9.17, 15) is 4.79 Å². The average molecular weight is 213 g/mol. The predicted molar refractivity (Wildman–Crippen MR) is 60.7 cm³/mol. The van der Waals surface area contributed by atoms with E-state index in [4.69, 9.17) is 4.74 Å². The van der Waals surface area contributed by atoms with Crippen molar-refractivity contribution in [2.75, 3.05) is 14.2 Å². The molecule has 0 unspecified atom stereocenters. The first-order valence-electron chi connectivity index (χ1n) is 5.91. The quantitative estimate of drug-likeness (QED) is 0.727. The lowest BCUT2D eigenvalue weighted by atomic mass is 9.74. The zero-order valence-electron chi connectivity index (χ0n) is 10.1. The molecule has 0 aromatic carbocycles. The van der Waals surface area contributed by atoms with Crippen LogP contribution in [-0.4, -0.2) is 25.7 Å². The van der Waals surface area contributed by atoms with Crippen molar-refractivity contribution in [2.24, 2.45) is 5.92 Å². The Balaban J connectivity index is 2.52. The van der Waals surface area contributed by atoms with Gasteiger partial charge in [0, 0.05) is 5.54 Å². The van der Waals surface area contributed by atoms with Gasteiger partial charge < -0.3 is 10.1 Å². The van der Waals surface area contributed by atoms with Crippen LogP contribution in [0.1, 0.15) is 45.4 Å². The van der Waals surface area contributed by atoms with Gasteiger partial charge in [-0.1, -0.05) is 13.3 Å². The van der Waals surface area contributed by atoms with Crippen LogP contribution in [-0.2, 0) is 9.53 Å². The molecule has 0 aromatic heterocycles. The van der Waals surface area contributed by atoms with Crippen LogP contribution in [0.4, 0.5) is 0 Å². The minimum absolute atomic E-state index is 0.00123. The normalized spacial score (nSPS) is 31.3. The highest BCUT2D eigenvalue weighted by molar-refractivity contribution is 5.70. The Labute approximate surface area is 92.6 Å². The molecule has 1 fully saturated rings. The number of methoxy groups -OCH3 is 1. The van der Waals surface area contributed by atoms with Crippen molar-refractivity contribution in [1.29, 1.82) is 0 Å². The standard InChI is InChI=1S/C12H23NO2/c1-4-10-5-7-12(13-2,8-6-10)9-11(14)15-3/h10,13H,4-9H2,1-3H3. The van der Waals surface area contributed by atoms with E-state index in [0.717, 1.165) is 18.8 Å². The van der Waals surface area contributed by atoms with Gasteiger partial charge in [-0.25, -0.2) is 0 Å². The maximum atomic E-state index is 11.3. The van der Waals surface area contributed by atoms with E-state index >= 15 is 0 Å². The van der Waals surface area contributed by atoms with Crippen LogP contribution >= 0.6 is 0 Å². The lowest BCUT2D eigenvalue weighted by Crippen LogP contribution is -2.47. The lowest BCUT2D eigenvalue weighted by Gasteiger charge is -2.39. The molecule has 0 radical (unpaired) electrons. The maximum Gasteiger partial charge on any atom is 0.307 e. The van der Waals surface area contributed by atoms with Crippen LogP contribution in [0.5, 0.6) is 0 Å². The van der Waals surface area contributed by atoms with Gasteiger partial charge in [0.25, 0.3) is 0 Å². The second-order valence-electron chi connectivity index (χ2n) is 4.63. The summed E-state index contributed by atoms with van der Waals surface area (Å²) in [4.78, 5) is 11.3. The van der Waals surface area contributed by atoms with Crippen LogP contribution in [0.3, 0.4) is 0 Å². The van der Waals surface area contributed by atoms with Gasteiger partial charge in [-0.05, 0) is 38.6 Å². The zero-order valence-corrected chi connectivity index (χ0v) is 10.1. The van der Waals surface area contributed by atoms with E-state index in [-0.39, 0.29) is 11.5 Å². The molecule has 1 aliphatic rings. The zero-order chi connectivity index (χ0) is 11.3. The Kier molecular flexibility index (Phi) is 4.58. The number of carbonyl (C=O) groups excluding carboxylic acids is 1. The predicted octanol–water partition coefficient (Wildman–Crippen LogP) is 2.11. The van der Waals surface area contributed by atoms with Crippen molar-refractivity contribution in [2.45, 2.75) is 51.0 Å². The molecule has 0 spiro atoms.